The van der Waals surface area contributed by atoms with Gasteiger partial charge in [0.2, 0.25) is 5.88 Å². The van der Waals surface area contributed by atoms with E-state index in [4.69, 9.17) is 4.74 Å². The van der Waals surface area contributed by atoms with Crippen molar-refractivity contribution in [1.82, 2.24) is 9.88 Å². The van der Waals surface area contributed by atoms with Crippen LogP contribution in [-0.4, -0.2) is 35.4 Å². The van der Waals surface area contributed by atoms with Crippen LogP contribution in [0.4, 0.5) is 17.6 Å². The van der Waals surface area contributed by atoms with E-state index in [1.165, 1.54) is 12.0 Å². The largest absolute Gasteiger partial charge is 2.00 e. The van der Waals surface area contributed by atoms with Crippen LogP contribution in [-0.2, 0) is 17.5 Å². The topological polar surface area (TPSA) is 42.4 Å². The molecular formula is C27H32F4N2O2U. The number of benzene rings is 1. The van der Waals surface area contributed by atoms with Crippen LogP contribution in [0.2, 0.25) is 0 Å². The number of piperidine rings is 1. The van der Waals surface area contributed by atoms with Crippen molar-refractivity contribution in [3.05, 3.63) is 63.9 Å². The molecule has 0 radical (unpaired) electrons. The van der Waals surface area contributed by atoms with Gasteiger partial charge >= 0.3 is 37.3 Å². The van der Waals surface area contributed by atoms with Gasteiger partial charge in [-0.1, -0.05) is 17.2 Å². The molecule has 2 fully saturated rings. The van der Waals surface area contributed by atoms with Gasteiger partial charge in [-0.15, -0.1) is 5.56 Å². The maximum absolute atomic E-state index is 14.1. The molecule has 0 bridgehead atoms. The summed E-state index contributed by atoms with van der Waals surface area (Å²) in [5.74, 6) is 1.49. The summed E-state index contributed by atoms with van der Waals surface area (Å²) in [7, 11) is 0. The number of hydrogen-bond acceptors (Lipinski definition) is 4. The molecule has 0 spiro atoms. The smallest absolute Gasteiger partial charge is 0.474 e. The van der Waals surface area contributed by atoms with Crippen LogP contribution in [0.5, 0.6) is 5.88 Å². The molecule has 194 valence electrons. The second kappa shape index (κ2) is 13.4. The molecule has 1 aromatic heterocycles. The SMILES string of the molecule is C[C-](C)C.Cc1cc(C(F)(F)F)cnc1OC1CCN(Cc2cc(F)c([C-]=O)cc2C2CC2)CC1.[U+2]. The summed E-state index contributed by atoms with van der Waals surface area (Å²) in [6.07, 6.45) is 1.40. The van der Waals surface area contributed by atoms with E-state index >= 15 is 0 Å². The Hall–Kier alpha value is -1.43. The van der Waals surface area contributed by atoms with Crippen LogP contribution in [0.25, 0.3) is 0 Å². The minimum absolute atomic E-state index is 0. The molecule has 1 aliphatic carbocycles. The van der Waals surface area contributed by atoms with Gasteiger partial charge in [-0.05, 0) is 44.6 Å². The van der Waals surface area contributed by atoms with Gasteiger partial charge in [-0.25, -0.2) is 4.98 Å². The predicted octanol–water partition coefficient (Wildman–Crippen LogP) is 6.55. The van der Waals surface area contributed by atoms with Crippen LogP contribution in [0.15, 0.2) is 24.4 Å². The number of pyridine rings is 1. The quantitative estimate of drug-likeness (QED) is 0.250. The molecule has 0 atom stereocenters. The summed E-state index contributed by atoms with van der Waals surface area (Å²) in [5.41, 5.74) is 1.48. The van der Waals surface area contributed by atoms with E-state index in [1.807, 2.05) is 0 Å². The first kappa shape index (κ1) is 30.8. The molecule has 0 unspecified atom stereocenters. The monoisotopic (exact) mass is 730 g/mol. The maximum Gasteiger partial charge on any atom is 2.00 e. The normalized spacial score (nSPS) is 16.7. The van der Waals surface area contributed by atoms with Crippen LogP contribution in [0, 0.1) is 49.8 Å². The minimum atomic E-state index is -4.43. The van der Waals surface area contributed by atoms with E-state index in [2.05, 4.69) is 30.7 Å². The van der Waals surface area contributed by atoms with Crippen molar-refractivity contribution in [2.45, 2.75) is 78.1 Å². The standard InChI is InChI=1S/C23H23F4N2O2.C4H9.U/c1-14-8-18(23(25,26)27)11-28-22(14)31-19-4-6-29(7-5-19)12-16-10-21(24)17(13-30)9-20(16)15-2-3-15;1-4(2)3;/h8-11,15,19H,2-7,12H2,1H3;1-3H3;/q2*-1;+2. The molecular weight excluding hydrogens is 698 g/mol. The Labute approximate surface area is 234 Å². The molecule has 2 heterocycles. The number of carbonyl (C=O) groups excluding carboxylic acids is 1. The Balaban J connectivity index is 0.000000850. The zero-order chi connectivity index (χ0) is 25.8. The molecule has 0 N–H and O–H groups in total. The van der Waals surface area contributed by atoms with Gasteiger partial charge in [-0.3, -0.25) is 9.29 Å². The zero-order valence-corrected chi connectivity index (χ0v) is 25.3. The van der Waals surface area contributed by atoms with Crippen LogP contribution >= 0.6 is 0 Å². The van der Waals surface area contributed by atoms with E-state index in [1.54, 1.807) is 19.3 Å². The van der Waals surface area contributed by atoms with Crippen molar-refractivity contribution >= 4 is 6.29 Å². The summed E-state index contributed by atoms with van der Waals surface area (Å²) in [6.45, 7) is 9.84. The van der Waals surface area contributed by atoms with Crippen molar-refractivity contribution in [3.63, 3.8) is 0 Å². The average molecular weight is 731 g/mol. The molecule has 0 amide bonds. The summed E-state index contributed by atoms with van der Waals surface area (Å²) < 4.78 is 58.4. The van der Waals surface area contributed by atoms with Gasteiger partial charge in [0.05, 0.1) is 11.8 Å². The fourth-order valence-electron chi connectivity index (χ4n) is 4.05. The van der Waals surface area contributed by atoms with Crippen LogP contribution < -0.4 is 4.74 Å². The number of hydrogen-bond donors (Lipinski definition) is 0. The van der Waals surface area contributed by atoms with Crippen molar-refractivity contribution in [2.24, 2.45) is 0 Å². The summed E-state index contributed by atoms with van der Waals surface area (Å²) in [5, 5.41) is 0. The first-order valence-corrected chi connectivity index (χ1v) is 11.9. The first-order chi connectivity index (χ1) is 16.5. The Morgan fingerprint density at radius 3 is 2.22 bits per heavy atom. The molecule has 1 saturated heterocycles. The van der Waals surface area contributed by atoms with Crippen LogP contribution in [0.1, 0.15) is 80.2 Å². The number of alkyl halides is 3. The summed E-state index contributed by atoms with van der Waals surface area (Å²) in [6, 6.07) is 4.13. The second-order valence-electron chi connectivity index (χ2n) is 9.84. The van der Waals surface area contributed by atoms with E-state index in [9.17, 15) is 22.4 Å². The number of halogens is 4. The number of nitrogens with zero attached hydrogens (tertiary/aromatic N) is 2. The van der Waals surface area contributed by atoms with E-state index < -0.39 is 17.6 Å². The molecule has 2 aliphatic rings. The van der Waals surface area contributed by atoms with Crippen molar-refractivity contribution < 1.29 is 58.2 Å². The number of aryl methyl sites for hydroxylation is 1. The van der Waals surface area contributed by atoms with E-state index in [0.717, 1.165) is 49.3 Å². The molecule has 1 aromatic carbocycles. The molecule has 1 saturated carbocycles. The number of ether oxygens (including phenoxy) is 1. The zero-order valence-electron chi connectivity index (χ0n) is 21.1. The Kier molecular flexibility index (Phi) is 11.5. The first-order valence-electron chi connectivity index (χ1n) is 11.9. The molecule has 4 nitrogen and oxygen atoms in total. The van der Waals surface area contributed by atoms with E-state index in [0.29, 0.717) is 30.9 Å². The van der Waals surface area contributed by atoms with Crippen molar-refractivity contribution in [1.29, 1.82) is 0 Å². The number of rotatable bonds is 6. The molecule has 4 rings (SSSR count). The Morgan fingerprint density at radius 2 is 1.72 bits per heavy atom. The third kappa shape index (κ3) is 8.85. The summed E-state index contributed by atoms with van der Waals surface area (Å²) in [4.78, 5) is 17.0. The fraction of sp³-hybridized carbons (Fsp3) is 0.519. The van der Waals surface area contributed by atoms with Gasteiger partial charge < -0.3 is 15.4 Å². The third-order valence-electron chi connectivity index (χ3n) is 5.92. The minimum Gasteiger partial charge on any atom is -0.474 e. The van der Waals surface area contributed by atoms with Gasteiger partial charge in [-0.2, -0.15) is 40.0 Å². The average Bonchev–Trinajstić information content (AvgIpc) is 3.61. The van der Waals surface area contributed by atoms with Crippen molar-refractivity contribution in [3.8, 4) is 5.88 Å². The van der Waals surface area contributed by atoms with Gasteiger partial charge in [0.25, 0.3) is 0 Å². The fourth-order valence-corrected chi connectivity index (χ4v) is 4.05. The molecule has 9 heteroatoms. The van der Waals surface area contributed by atoms with Crippen molar-refractivity contribution in [2.75, 3.05) is 13.1 Å². The predicted molar refractivity (Wildman–Crippen MR) is 126 cm³/mol. The maximum atomic E-state index is 14.1. The van der Waals surface area contributed by atoms with E-state index in [-0.39, 0.29) is 48.7 Å². The molecule has 2 aromatic rings. The second-order valence-corrected chi connectivity index (χ2v) is 9.84. The number of aromatic nitrogens is 1. The Morgan fingerprint density at radius 1 is 1.11 bits per heavy atom. The molecule has 1 aliphatic heterocycles. The van der Waals surface area contributed by atoms with Gasteiger partial charge in [0.1, 0.15) is 6.10 Å². The number of likely N-dealkylation sites (tertiary alicyclic amines) is 1. The van der Waals surface area contributed by atoms with Gasteiger partial charge in [0, 0.05) is 37.2 Å². The third-order valence-corrected chi connectivity index (χ3v) is 5.92. The van der Waals surface area contributed by atoms with Crippen LogP contribution in [0.3, 0.4) is 0 Å². The Bertz CT molecular complexity index is 1010. The van der Waals surface area contributed by atoms with Gasteiger partial charge in [0.15, 0.2) is 0 Å². The molecule has 36 heavy (non-hydrogen) atoms. The summed E-state index contributed by atoms with van der Waals surface area (Å²) >= 11 is 0.